The molecule has 0 saturated carbocycles. The van der Waals surface area contributed by atoms with Crippen molar-refractivity contribution >= 4 is 23.1 Å². The average molecular weight is 443 g/mol. The Labute approximate surface area is 190 Å². The topological polar surface area (TPSA) is 66.8 Å². The molecule has 1 saturated heterocycles. The number of benzene rings is 3. The van der Waals surface area contributed by atoms with Gasteiger partial charge in [-0.1, -0.05) is 35.9 Å². The van der Waals surface area contributed by atoms with E-state index in [1.165, 1.54) is 23.1 Å². The highest BCUT2D eigenvalue weighted by molar-refractivity contribution is 6.51. The molecule has 0 aromatic heterocycles. The molecular weight excluding hydrogens is 421 g/mol. The van der Waals surface area contributed by atoms with Crippen molar-refractivity contribution in [2.45, 2.75) is 32.4 Å². The van der Waals surface area contributed by atoms with Crippen molar-refractivity contribution in [3.63, 3.8) is 0 Å². The van der Waals surface area contributed by atoms with Gasteiger partial charge in [-0.2, -0.15) is 0 Å². The highest BCUT2D eigenvalue weighted by Crippen LogP contribution is 2.43. The van der Waals surface area contributed by atoms with Crippen LogP contribution >= 0.6 is 0 Å². The number of aliphatic hydroxyl groups is 1. The molecule has 1 fully saturated rings. The maximum absolute atomic E-state index is 14.0. The third-order valence-electron chi connectivity index (χ3n) is 6.06. The first-order valence-electron chi connectivity index (χ1n) is 10.8. The minimum absolute atomic E-state index is 0.0261. The predicted octanol–water partition coefficient (Wildman–Crippen LogP) is 5.08. The van der Waals surface area contributed by atoms with E-state index in [9.17, 15) is 19.1 Å². The van der Waals surface area contributed by atoms with E-state index in [2.05, 4.69) is 0 Å². The summed E-state index contributed by atoms with van der Waals surface area (Å²) in [6, 6.07) is 17.3. The number of anilines is 1. The summed E-state index contributed by atoms with van der Waals surface area (Å²) in [5, 5.41) is 11.3. The molecule has 0 aliphatic carbocycles. The maximum Gasteiger partial charge on any atom is 0.300 e. The van der Waals surface area contributed by atoms with E-state index in [-0.39, 0.29) is 23.1 Å². The quantitative estimate of drug-likeness (QED) is 0.348. The Hall–Kier alpha value is -3.93. The molecule has 2 aliphatic heterocycles. The number of hydrogen-bond acceptors (Lipinski definition) is 4. The molecule has 0 radical (unpaired) electrons. The van der Waals surface area contributed by atoms with E-state index in [4.69, 9.17) is 4.74 Å². The van der Waals surface area contributed by atoms with Gasteiger partial charge in [0.2, 0.25) is 0 Å². The second kappa shape index (κ2) is 7.89. The van der Waals surface area contributed by atoms with Crippen LogP contribution in [0.3, 0.4) is 0 Å². The van der Waals surface area contributed by atoms with E-state index in [0.29, 0.717) is 17.5 Å². The zero-order chi connectivity index (χ0) is 23.3. The van der Waals surface area contributed by atoms with Crippen molar-refractivity contribution in [2.75, 3.05) is 4.90 Å². The number of aryl methyl sites for hydroxylation is 1. The SMILES string of the molecule is Cc1cccc(C2/C(=C(/O)c3ccc4c(c3)CC(C)O4)C(=O)C(=O)N2c2cccc(F)c2)c1. The van der Waals surface area contributed by atoms with E-state index >= 15 is 0 Å². The minimum atomic E-state index is -0.893. The monoisotopic (exact) mass is 443 g/mol. The summed E-state index contributed by atoms with van der Waals surface area (Å²) in [7, 11) is 0. The third-order valence-corrected chi connectivity index (χ3v) is 6.06. The molecule has 166 valence electrons. The lowest BCUT2D eigenvalue weighted by atomic mass is 9.93. The van der Waals surface area contributed by atoms with Gasteiger partial charge in [0.05, 0.1) is 11.6 Å². The highest BCUT2D eigenvalue weighted by Gasteiger charge is 2.47. The van der Waals surface area contributed by atoms with Gasteiger partial charge in [-0.25, -0.2) is 4.39 Å². The number of Topliss-reactive ketones (excluding diaryl/α,β-unsaturated/α-hetero) is 1. The molecule has 2 aliphatic rings. The number of rotatable bonds is 3. The molecule has 5 rings (SSSR count). The van der Waals surface area contributed by atoms with E-state index in [0.717, 1.165) is 16.9 Å². The molecule has 3 aromatic carbocycles. The summed E-state index contributed by atoms with van der Waals surface area (Å²) in [5.41, 5.74) is 3.17. The van der Waals surface area contributed by atoms with Crippen LogP contribution in [0.2, 0.25) is 0 Å². The van der Waals surface area contributed by atoms with Crippen molar-refractivity contribution in [2.24, 2.45) is 0 Å². The predicted molar refractivity (Wildman–Crippen MR) is 123 cm³/mol. The van der Waals surface area contributed by atoms with Gasteiger partial charge in [-0.05, 0) is 61.4 Å². The van der Waals surface area contributed by atoms with Gasteiger partial charge in [-0.15, -0.1) is 0 Å². The highest BCUT2D eigenvalue weighted by atomic mass is 19.1. The number of hydrogen-bond donors (Lipinski definition) is 1. The molecule has 1 N–H and O–H groups in total. The number of halogens is 1. The number of carbonyl (C=O) groups excluding carboxylic acids is 2. The number of nitrogens with zero attached hydrogens (tertiary/aromatic N) is 1. The molecule has 2 unspecified atom stereocenters. The first-order valence-corrected chi connectivity index (χ1v) is 10.8. The van der Waals surface area contributed by atoms with Crippen LogP contribution in [0.25, 0.3) is 5.76 Å². The fourth-order valence-corrected chi connectivity index (χ4v) is 4.61. The van der Waals surface area contributed by atoms with Crippen LogP contribution in [0.1, 0.15) is 35.2 Å². The summed E-state index contributed by atoms with van der Waals surface area (Å²) in [4.78, 5) is 27.6. The summed E-state index contributed by atoms with van der Waals surface area (Å²) in [6.07, 6.45) is 0.721. The van der Waals surface area contributed by atoms with Crippen LogP contribution in [-0.4, -0.2) is 22.9 Å². The van der Waals surface area contributed by atoms with E-state index in [1.807, 2.05) is 32.0 Å². The lowest BCUT2D eigenvalue weighted by Crippen LogP contribution is -2.29. The van der Waals surface area contributed by atoms with Gasteiger partial charge in [0.15, 0.2) is 0 Å². The Balaban J connectivity index is 1.70. The Morgan fingerprint density at radius 2 is 1.85 bits per heavy atom. The normalized spacial score (nSPS) is 21.2. The first kappa shape index (κ1) is 20.9. The summed E-state index contributed by atoms with van der Waals surface area (Å²) in [5.74, 6) is -1.67. The van der Waals surface area contributed by atoms with E-state index < -0.39 is 23.5 Å². The second-order valence-electron chi connectivity index (χ2n) is 8.52. The Bertz CT molecular complexity index is 1330. The molecule has 0 bridgehead atoms. The second-order valence-corrected chi connectivity index (χ2v) is 8.52. The molecular formula is C27H22FNO4. The number of ketones is 1. The summed E-state index contributed by atoms with van der Waals surface area (Å²) >= 11 is 0. The van der Waals surface area contributed by atoms with Gasteiger partial charge in [0, 0.05) is 17.7 Å². The van der Waals surface area contributed by atoms with Gasteiger partial charge in [0.1, 0.15) is 23.4 Å². The van der Waals surface area contributed by atoms with Crippen molar-refractivity contribution in [3.8, 4) is 5.75 Å². The van der Waals surface area contributed by atoms with Crippen molar-refractivity contribution < 1.29 is 23.8 Å². The molecule has 2 heterocycles. The Kier molecular flexibility index (Phi) is 5.01. The number of fused-ring (bicyclic) bond motifs is 1. The molecule has 1 amide bonds. The number of aliphatic hydroxyl groups excluding tert-OH is 1. The summed E-state index contributed by atoms with van der Waals surface area (Å²) in [6.45, 7) is 3.86. The number of amides is 1. The van der Waals surface area contributed by atoms with Crippen LogP contribution in [-0.2, 0) is 16.0 Å². The van der Waals surface area contributed by atoms with Crippen molar-refractivity contribution in [1.29, 1.82) is 0 Å². The fraction of sp³-hybridized carbons (Fsp3) is 0.185. The minimum Gasteiger partial charge on any atom is -0.507 e. The zero-order valence-electron chi connectivity index (χ0n) is 18.2. The molecule has 5 nitrogen and oxygen atoms in total. The number of carbonyl (C=O) groups is 2. The molecule has 0 spiro atoms. The molecule has 2 atom stereocenters. The largest absolute Gasteiger partial charge is 0.507 e. The lowest BCUT2D eigenvalue weighted by molar-refractivity contribution is -0.132. The van der Waals surface area contributed by atoms with E-state index in [1.54, 1.807) is 30.3 Å². The zero-order valence-corrected chi connectivity index (χ0v) is 18.2. The van der Waals surface area contributed by atoms with Crippen molar-refractivity contribution in [1.82, 2.24) is 0 Å². The Morgan fingerprint density at radius 3 is 2.61 bits per heavy atom. The van der Waals surface area contributed by atoms with Gasteiger partial charge < -0.3 is 9.84 Å². The van der Waals surface area contributed by atoms with Crippen LogP contribution in [0, 0.1) is 12.7 Å². The van der Waals surface area contributed by atoms with Crippen LogP contribution < -0.4 is 9.64 Å². The molecule has 33 heavy (non-hydrogen) atoms. The van der Waals surface area contributed by atoms with Crippen LogP contribution in [0.15, 0.2) is 72.3 Å². The first-order chi connectivity index (χ1) is 15.8. The lowest BCUT2D eigenvalue weighted by Gasteiger charge is -2.25. The molecule has 3 aromatic rings. The third kappa shape index (κ3) is 3.57. The van der Waals surface area contributed by atoms with Crippen LogP contribution in [0.5, 0.6) is 5.75 Å². The maximum atomic E-state index is 14.0. The standard InChI is InChI=1S/C27H22FNO4/c1-15-5-3-6-17(11-15)24-23(25(30)18-9-10-22-19(13-18)12-16(2)33-22)26(31)27(32)29(24)21-8-4-7-20(28)14-21/h3-11,13-14,16,24,30H,12H2,1-2H3/b25-23-. The van der Waals surface area contributed by atoms with Crippen LogP contribution in [0.4, 0.5) is 10.1 Å². The van der Waals surface area contributed by atoms with Gasteiger partial charge >= 0.3 is 0 Å². The van der Waals surface area contributed by atoms with Gasteiger partial charge in [0.25, 0.3) is 11.7 Å². The smallest absolute Gasteiger partial charge is 0.300 e. The van der Waals surface area contributed by atoms with Crippen molar-refractivity contribution in [3.05, 3.63) is 100 Å². The fourth-order valence-electron chi connectivity index (χ4n) is 4.61. The average Bonchev–Trinajstić information content (AvgIpc) is 3.29. The summed E-state index contributed by atoms with van der Waals surface area (Å²) < 4.78 is 19.8. The molecule has 6 heteroatoms. The Morgan fingerprint density at radius 1 is 1.06 bits per heavy atom. The number of ether oxygens (including phenoxy) is 1. The van der Waals surface area contributed by atoms with Gasteiger partial charge in [-0.3, -0.25) is 14.5 Å².